The first-order chi connectivity index (χ1) is 38.0. The molecule has 0 aromatic rings. The minimum absolute atomic E-state index is 0.205. The second-order valence-corrected chi connectivity index (χ2v) is 24.3. The van der Waals surface area contributed by atoms with Gasteiger partial charge in [0.2, 0.25) is 0 Å². The van der Waals surface area contributed by atoms with Crippen molar-refractivity contribution >= 4 is 0 Å². The van der Waals surface area contributed by atoms with Crippen LogP contribution in [0.4, 0.5) is 0 Å². The largest absolute Gasteiger partial charge is 0.378 e. The standard InChI is InChI=1S/C14H22O5.C14H20O5.C10H16O3.2C10H14O3/c2*1-2-14-12(8-16-4-10-6-18-10)11(13(1)19-14)7-15-3-9-5-17-9;3*1-2-10-7(3-8(1)13-10)4-11-5-9-6-12-9/h9-14H,1-8H2;1-2,9-14H,3-8H2;7-10H,1-6H2;2*1-2,7-10H,3-6H2. The van der Waals surface area contributed by atoms with Crippen molar-refractivity contribution in [2.24, 2.45) is 41.4 Å². The number of hydrogen-bond donors (Lipinski definition) is 0. The van der Waals surface area contributed by atoms with Crippen LogP contribution in [0.2, 0.25) is 0 Å². The van der Waals surface area contributed by atoms with Gasteiger partial charge in [-0.05, 0) is 44.9 Å². The Morgan fingerprint density at radius 1 is 0.273 bits per heavy atom. The first-order valence-corrected chi connectivity index (χ1v) is 29.7. The van der Waals surface area contributed by atoms with Gasteiger partial charge >= 0.3 is 0 Å². The van der Waals surface area contributed by atoms with Gasteiger partial charge in [-0.1, -0.05) is 36.5 Å². The van der Waals surface area contributed by atoms with E-state index in [1.54, 1.807) is 0 Å². The summed E-state index contributed by atoms with van der Waals surface area (Å²) in [5.74, 6) is 3.64. The summed E-state index contributed by atoms with van der Waals surface area (Å²) in [6, 6.07) is 0. The number of rotatable bonds is 28. The molecular formula is C58H86O19. The number of hydrogen-bond acceptors (Lipinski definition) is 19. The monoisotopic (exact) mass is 1090 g/mol. The molecule has 0 aromatic heterocycles. The van der Waals surface area contributed by atoms with E-state index in [-0.39, 0.29) is 12.2 Å². The van der Waals surface area contributed by atoms with Crippen molar-refractivity contribution in [2.45, 2.75) is 149 Å². The zero-order chi connectivity index (χ0) is 51.3. The number of fused-ring (bicyclic) bond motifs is 10. The van der Waals surface area contributed by atoms with E-state index in [1.165, 1.54) is 32.1 Å². The summed E-state index contributed by atoms with van der Waals surface area (Å²) in [5.41, 5.74) is 0. The van der Waals surface area contributed by atoms with Crippen molar-refractivity contribution < 1.29 is 90.0 Å². The summed E-state index contributed by atoms with van der Waals surface area (Å²) in [6.45, 7) is 16.8. The Morgan fingerprint density at radius 3 is 0.922 bits per heavy atom. The summed E-state index contributed by atoms with van der Waals surface area (Å²) in [4.78, 5) is 0. The van der Waals surface area contributed by atoms with E-state index in [0.29, 0.717) is 146 Å². The van der Waals surface area contributed by atoms with Crippen LogP contribution in [0.5, 0.6) is 0 Å². The van der Waals surface area contributed by atoms with Crippen LogP contribution in [0.15, 0.2) is 36.5 Å². The van der Waals surface area contributed by atoms with Gasteiger partial charge in [0.15, 0.2) is 0 Å². The van der Waals surface area contributed by atoms with Crippen molar-refractivity contribution in [3.63, 3.8) is 0 Å². The van der Waals surface area contributed by atoms with Gasteiger partial charge in [0.1, 0.15) is 42.7 Å². The SMILES string of the molecule is C(OCC1C2CCC(O2)C1COCC1CO1)C1CO1.C(OCC1CC2CCC1O2)C1CO1.C1=CC2OC1C(COCC1CO1)C2COCC1CO1.C1=CC2OC1CC2COCC1CO1.C1=CC2OC1CC2COCC1CO1. The maximum absolute atomic E-state index is 6.02. The van der Waals surface area contributed by atoms with Gasteiger partial charge in [-0.2, -0.15) is 0 Å². The fourth-order valence-electron chi connectivity index (χ4n) is 12.7. The van der Waals surface area contributed by atoms with Crippen LogP contribution in [0.25, 0.3) is 0 Å². The third-order valence-electron chi connectivity index (χ3n) is 17.9. The highest BCUT2D eigenvalue weighted by Gasteiger charge is 2.50. The van der Waals surface area contributed by atoms with Crippen LogP contribution in [0, 0.1) is 41.4 Å². The second kappa shape index (κ2) is 26.4. The Labute approximate surface area is 454 Å². The molecule has 0 aromatic carbocycles. The van der Waals surface area contributed by atoms with E-state index in [9.17, 15) is 0 Å². The Bertz CT molecular complexity index is 1810. The van der Waals surface area contributed by atoms with Crippen LogP contribution >= 0.6 is 0 Å². The van der Waals surface area contributed by atoms with E-state index >= 15 is 0 Å². The lowest BCUT2D eigenvalue weighted by Crippen LogP contribution is -2.34. The Morgan fingerprint density at radius 2 is 0.610 bits per heavy atom. The normalized spacial score (nSPS) is 46.3. The molecule has 0 radical (unpaired) electrons. The number of ether oxygens (including phenoxy) is 19. The van der Waals surface area contributed by atoms with Gasteiger partial charge in [0, 0.05) is 41.4 Å². The Hall–Kier alpha value is -1.54. The van der Waals surface area contributed by atoms with Crippen LogP contribution in [0.1, 0.15) is 44.9 Å². The molecule has 14 fully saturated rings. The third-order valence-corrected chi connectivity index (χ3v) is 17.9. The summed E-state index contributed by atoms with van der Waals surface area (Å²) in [6.07, 6.45) is 27.5. The Balaban J connectivity index is 0.0000000929. The fraction of sp³-hybridized carbons (Fsp3) is 0.897. The lowest BCUT2D eigenvalue weighted by molar-refractivity contribution is 0.0196. The van der Waals surface area contributed by atoms with Gasteiger partial charge in [-0.15, -0.1) is 0 Å². The van der Waals surface area contributed by atoms with E-state index < -0.39 is 0 Å². The van der Waals surface area contributed by atoms with Gasteiger partial charge in [-0.25, -0.2) is 0 Å². The van der Waals surface area contributed by atoms with E-state index in [1.807, 2.05) is 0 Å². The summed E-state index contributed by atoms with van der Waals surface area (Å²) in [7, 11) is 0. The quantitative estimate of drug-likeness (QED) is 0.0815. The zero-order valence-corrected chi connectivity index (χ0v) is 44.9. The first kappa shape index (κ1) is 54.7. The minimum atomic E-state index is 0.205. The molecule has 17 heterocycles. The van der Waals surface area contributed by atoms with Gasteiger partial charge < -0.3 is 90.0 Å². The summed E-state index contributed by atoms with van der Waals surface area (Å²) in [5, 5.41) is 0. The molecule has 17 aliphatic heterocycles. The average Bonchev–Trinajstić information content (AvgIpc) is 4.09. The smallest absolute Gasteiger partial charge is 0.104 e. The fourth-order valence-corrected chi connectivity index (χ4v) is 12.7. The highest BCUT2D eigenvalue weighted by Crippen LogP contribution is 2.45. The summed E-state index contributed by atoms with van der Waals surface area (Å²) < 4.78 is 105. The van der Waals surface area contributed by atoms with Gasteiger partial charge in [0.25, 0.3) is 0 Å². The van der Waals surface area contributed by atoms with Crippen LogP contribution in [0.3, 0.4) is 0 Å². The highest BCUT2D eigenvalue weighted by molar-refractivity contribution is 5.15. The molecule has 19 nitrogen and oxygen atoms in total. The molecule has 24 atom stereocenters. The molecule has 0 spiro atoms. The van der Waals surface area contributed by atoms with Gasteiger partial charge in [0.05, 0.1) is 200 Å². The van der Waals surface area contributed by atoms with Crippen LogP contribution in [-0.2, 0) is 90.0 Å². The maximum Gasteiger partial charge on any atom is 0.104 e. The van der Waals surface area contributed by atoms with Gasteiger partial charge in [-0.3, -0.25) is 0 Å². The molecule has 24 unspecified atom stereocenters. The lowest BCUT2D eigenvalue weighted by atomic mass is 9.80. The molecule has 0 N–H and O–H groups in total. The molecule has 0 amide bonds. The van der Waals surface area contributed by atoms with Crippen molar-refractivity contribution in [1.82, 2.24) is 0 Å². The van der Waals surface area contributed by atoms with E-state index in [0.717, 1.165) is 138 Å². The van der Waals surface area contributed by atoms with E-state index in [2.05, 4.69) is 36.5 Å². The van der Waals surface area contributed by atoms with Crippen molar-refractivity contribution in [3.8, 4) is 0 Å². The predicted octanol–water partition coefficient (Wildman–Crippen LogP) is 3.46. The Kier molecular flexibility index (Phi) is 18.7. The molecule has 17 aliphatic rings. The molecule has 10 bridgehead atoms. The van der Waals surface area contributed by atoms with Crippen LogP contribution < -0.4 is 0 Å². The lowest BCUT2D eigenvalue weighted by Gasteiger charge is -2.27. The minimum Gasteiger partial charge on any atom is -0.378 e. The molecular weight excluding hydrogens is 1000 g/mol. The highest BCUT2D eigenvalue weighted by atomic mass is 16.6. The van der Waals surface area contributed by atoms with Crippen molar-refractivity contribution in [1.29, 1.82) is 0 Å². The predicted molar refractivity (Wildman–Crippen MR) is 271 cm³/mol. The molecule has 17 rings (SSSR count). The topological polar surface area (TPSA) is 198 Å². The first-order valence-electron chi connectivity index (χ1n) is 29.7. The molecule has 19 heteroatoms. The molecule has 432 valence electrons. The summed E-state index contributed by atoms with van der Waals surface area (Å²) >= 11 is 0. The van der Waals surface area contributed by atoms with Crippen molar-refractivity contribution in [3.05, 3.63) is 36.5 Å². The maximum atomic E-state index is 6.02. The molecule has 14 saturated heterocycles. The second-order valence-electron chi connectivity index (χ2n) is 24.3. The van der Waals surface area contributed by atoms with Crippen LogP contribution in [-0.4, -0.2) is 243 Å². The van der Waals surface area contributed by atoms with Crippen molar-refractivity contribution in [2.75, 3.05) is 139 Å². The zero-order valence-electron chi connectivity index (χ0n) is 44.9. The van der Waals surface area contributed by atoms with E-state index in [4.69, 9.17) is 90.0 Å². The third kappa shape index (κ3) is 16.4. The molecule has 0 saturated carbocycles. The average molecular weight is 1090 g/mol. The molecule has 0 aliphatic carbocycles. The molecule has 77 heavy (non-hydrogen) atoms. The number of epoxide rings is 7.